The molecule has 1 aromatic rings. The molecular formula is C14H16NO5S-. The lowest BCUT2D eigenvalue weighted by Crippen LogP contribution is -2.20. The number of amides is 1. The van der Waals surface area contributed by atoms with Crippen LogP contribution >= 0.6 is 11.3 Å². The number of hydrogen-bond donors (Lipinski definition) is 1. The first-order valence-electron chi connectivity index (χ1n) is 6.36. The third kappa shape index (κ3) is 5.03. The zero-order chi connectivity index (χ0) is 16.0. The van der Waals surface area contributed by atoms with Crippen LogP contribution in [-0.2, 0) is 14.3 Å². The van der Waals surface area contributed by atoms with Crippen LogP contribution in [0.5, 0.6) is 0 Å². The van der Waals surface area contributed by atoms with Crippen molar-refractivity contribution in [1.82, 2.24) is 0 Å². The normalized spacial score (nSPS) is 10.9. The summed E-state index contributed by atoms with van der Waals surface area (Å²) in [5.41, 5.74) is 0.265. The number of carbonyl (C=O) groups is 3. The molecule has 0 saturated carbocycles. The van der Waals surface area contributed by atoms with Crippen LogP contribution in [0.15, 0.2) is 18.2 Å². The average molecular weight is 310 g/mol. The molecule has 0 aliphatic rings. The Morgan fingerprint density at radius 2 is 2.05 bits per heavy atom. The van der Waals surface area contributed by atoms with Crippen LogP contribution in [0.3, 0.4) is 0 Å². The molecule has 0 bridgehead atoms. The van der Waals surface area contributed by atoms with Gasteiger partial charge in [-0.3, -0.25) is 4.79 Å². The molecule has 0 saturated heterocycles. The number of esters is 1. The Bertz CT molecular complexity index is 574. The fourth-order valence-corrected chi connectivity index (χ4v) is 2.50. The minimum atomic E-state index is -1.47. The molecule has 0 fully saturated rings. The van der Waals surface area contributed by atoms with Gasteiger partial charge in [0.2, 0.25) is 5.91 Å². The second-order valence-electron chi connectivity index (χ2n) is 4.41. The Balaban J connectivity index is 3.01. The van der Waals surface area contributed by atoms with E-state index in [2.05, 4.69) is 5.32 Å². The largest absolute Gasteiger partial charge is 0.545 e. The molecular weight excluding hydrogens is 294 g/mol. The van der Waals surface area contributed by atoms with E-state index in [0.717, 1.165) is 11.0 Å². The summed E-state index contributed by atoms with van der Waals surface area (Å²) in [4.78, 5) is 34.6. The Morgan fingerprint density at radius 3 is 2.57 bits per heavy atom. The molecule has 114 valence electrons. The molecule has 1 amide bonds. The number of nitrogens with one attached hydrogen (secondary N) is 1. The van der Waals surface area contributed by atoms with Gasteiger partial charge >= 0.3 is 5.97 Å². The maximum atomic E-state index is 11.9. The summed E-state index contributed by atoms with van der Waals surface area (Å²) in [5.74, 6) is -2.46. The van der Waals surface area contributed by atoms with Gasteiger partial charge in [-0.15, -0.1) is 11.3 Å². The Morgan fingerprint density at radius 1 is 1.38 bits per heavy atom. The van der Waals surface area contributed by atoms with Gasteiger partial charge in [0, 0.05) is 11.0 Å². The summed E-state index contributed by atoms with van der Waals surface area (Å²) in [5, 5.41) is 13.1. The van der Waals surface area contributed by atoms with Crippen LogP contribution in [0.4, 0.5) is 5.00 Å². The highest BCUT2D eigenvalue weighted by atomic mass is 32.1. The van der Waals surface area contributed by atoms with Gasteiger partial charge in [0.15, 0.2) is 0 Å². The number of ether oxygens (including phenoxy) is 1. The third-order valence-corrected chi connectivity index (χ3v) is 3.77. The summed E-state index contributed by atoms with van der Waals surface area (Å²) < 4.78 is 4.94. The predicted molar refractivity (Wildman–Crippen MR) is 77.1 cm³/mol. The van der Waals surface area contributed by atoms with Crippen molar-refractivity contribution >= 4 is 34.2 Å². The molecule has 0 aliphatic heterocycles. The van der Waals surface area contributed by atoms with Gasteiger partial charge in [-0.1, -0.05) is 13.8 Å². The van der Waals surface area contributed by atoms with Crippen LogP contribution in [0.2, 0.25) is 0 Å². The third-order valence-electron chi connectivity index (χ3n) is 2.42. The highest BCUT2D eigenvalue weighted by Crippen LogP contribution is 2.33. The molecule has 1 N–H and O–H groups in total. The van der Waals surface area contributed by atoms with E-state index >= 15 is 0 Å². The zero-order valence-corrected chi connectivity index (χ0v) is 12.8. The van der Waals surface area contributed by atoms with Crippen molar-refractivity contribution in [2.45, 2.75) is 26.7 Å². The lowest BCUT2D eigenvalue weighted by molar-refractivity contribution is -0.297. The number of carbonyl (C=O) groups excluding carboxylic acids is 3. The molecule has 0 atom stereocenters. The average Bonchev–Trinajstić information content (AvgIpc) is 2.81. The van der Waals surface area contributed by atoms with Gasteiger partial charge in [-0.25, -0.2) is 4.79 Å². The van der Waals surface area contributed by atoms with Crippen molar-refractivity contribution < 1.29 is 24.2 Å². The molecule has 0 unspecified atom stereocenters. The SMILES string of the molecule is CCOC(=O)c1cc(C(C)C)sc1NC(=O)/C=C/C(=O)[O-]. The number of thiophene rings is 1. The second-order valence-corrected chi connectivity index (χ2v) is 5.49. The van der Waals surface area contributed by atoms with Crippen molar-refractivity contribution in [3.05, 3.63) is 28.7 Å². The summed E-state index contributed by atoms with van der Waals surface area (Å²) in [6.07, 6.45) is 1.45. The number of aliphatic carboxylic acids is 1. The molecule has 0 aromatic carbocycles. The van der Waals surface area contributed by atoms with Crippen LogP contribution in [0.25, 0.3) is 0 Å². The quantitative estimate of drug-likeness (QED) is 0.631. The maximum Gasteiger partial charge on any atom is 0.341 e. The van der Waals surface area contributed by atoms with E-state index in [1.54, 1.807) is 13.0 Å². The van der Waals surface area contributed by atoms with Crippen LogP contribution < -0.4 is 10.4 Å². The standard InChI is InChI=1S/C14H17NO5S/c1-4-20-14(19)9-7-10(8(2)3)21-13(9)15-11(16)5-6-12(17)18/h5-8H,4H2,1-3H3,(H,15,16)(H,17,18)/p-1/b6-5+. The number of hydrogen-bond acceptors (Lipinski definition) is 6. The first kappa shape index (κ1) is 16.9. The topological polar surface area (TPSA) is 95.5 Å². The Labute approximate surface area is 126 Å². The van der Waals surface area contributed by atoms with E-state index in [9.17, 15) is 19.5 Å². The van der Waals surface area contributed by atoms with E-state index < -0.39 is 17.8 Å². The molecule has 0 radical (unpaired) electrons. The highest BCUT2D eigenvalue weighted by molar-refractivity contribution is 7.16. The van der Waals surface area contributed by atoms with E-state index in [4.69, 9.17) is 4.74 Å². The van der Waals surface area contributed by atoms with Gasteiger partial charge in [-0.2, -0.15) is 0 Å². The van der Waals surface area contributed by atoms with Crippen molar-refractivity contribution in [3.8, 4) is 0 Å². The zero-order valence-electron chi connectivity index (χ0n) is 12.0. The van der Waals surface area contributed by atoms with E-state index in [-0.39, 0.29) is 18.1 Å². The fourth-order valence-electron chi connectivity index (χ4n) is 1.45. The number of carboxylic acid groups (broad SMARTS) is 1. The molecule has 1 heterocycles. The van der Waals surface area contributed by atoms with Crippen molar-refractivity contribution in [2.75, 3.05) is 11.9 Å². The highest BCUT2D eigenvalue weighted by Gasteiger charge is 2.19. The Kier molecular flexibility index (Phi) is 6.10. The van der Waals surface area contributed by atoms with Crippen LogP contribution in [0.1, 0.15) is 41.9 Å². The second kappa shape index (κ2) is 7.58. The van der Waals surface area contributed by atoms with Crippen molar-refractivity contribution in [1.29, 1.82) is 0 Å². The van der Waals surface area contributed by atoms with Crippen molar-refractivity contribution in [2.24, 2.45) is 0 Å². The maximum absolute atomic E-state index is 11.9. The first-order valence-corrected chi connectivity index (χ1v) is 7.17. The van der Waals surface area contributed by atoms with E-state index in [1.165, 1.54) is 11.3 Å². The van der Waals surface area contributed by atoms with E-state index in [0.29, 0.717) is 11.1 Å². The van der Waals surface area contributed by atoms with Gasteiger partial charge in [0.1, 0.15) is 5.00 Å². The summed E-state index contributed by atoms with van der Waals surface area (Å²) in [6, 6.07) is 1.67. The van der Waals surface area contributed by atoms with Gasteiger partial charge in [0.25, 0.3) is 0 Å². The lowest BCUT2D eigenvalue weighted by atomic mass is 10.1. The smallest absolute Gasteiger partial charge is 0.341 e. The molecule has 0 spiro atoms. The van der Waals surface area contributed by atoms with Gasteiger partial charge in [0.05, 0.1) is 18.1 Å². The number of rotatable bonds is 6. The summed E-state index contributed by atoms with van der Waals surface area (Å²) >= 11 is 1.25. The van der Waals surface area contributed by atoms with Crippen LogP contribution in [-0.4, -0.2) is 24.5 Å². The molecule has 1 rings (SSSR count). The number of carboxylic acids is 1. The Hall–Kier alpha value is -2.15. The molecule has 7 heteroatoms. The minimum Gasteiger partial charge on any atom is -0.545 e. The lowest BCUT2D eigenvalue weighted by Gasteiger charge is -2.03. The van der Waals surface area contributed by atoms with Crippen LogP contribution in [0, 0.1) is 0 Å². The molecule has 21 heavy (non-hydrogen) atoms. The first-order chi connectivity index (χ1) is 9.85. The molecule has 6 nitrogen and oxygen atoms in total. The van der Waals surface area contributed by atoms with Gasteiger partial charge < -0.3 is 20.0 Å². The van der Waals surface area contributed by atoms with Gasteiger partial charge in [-0.05, 0) is 25.0 Å². The fraction of sp³-hybridized carbons (Fsp3) is 0.357. The predicted octanol–water partition coefficient (Wildman–Crippen LogP) is 1.29. The minimum absolute atomic E-state index is 0.188. The monoisotopic (exact) mass is 310 g/mol. The molecule has 0 aliphatic carbocycles. The van der Waals surface area contributed by atoms with Crippen molar-refractivity contribution in [3.63, 3.8) is 0 Å². The number of anilines is 1. The van der Waals surface area contributed by atoms with E-state index in [1.807, 2.05) is 13.8 Å². The summed E-state index contributed by atoms with van der Waals surface area (Å²) in [6.45, 7) is 5.84. The summed E-state index contributed by atoms with van der Waals surface area (Å²) in [7, 11) is 0. The molecule has 1 aromatic heterocycles.